The second-order valence-corrected chi connectivity index (χ2v) is 3.67. The summed E-state index contributed by atoms with van der Waals surface area (Å²) in [4.78, 5) is 0. The smallest absolute Gasteiger partial charge is 0.00506 e. The van der Waals surface area contributed by atoms with E-state index >= 15 is 0 Å². The Balaban J connectivity index is -0.0000000585. The molecule has 0 unspecified atom stereocenters. The average molecular weight is 446 g/mol. The van der Waals surface area contributed by atoms with Gasteiger partial charge in [0.1, 0.15) is 0 Å². The van der Waals surface area contributed by atoms with E-state index in [2.05, 4.69) is 49.1 Å². The van der Waals surface area contributed by atoms with Gasteiger partial charge in [-0.15, -0.1) is 0 Å². The molecule has 0 atom stereocenters. The third-order valence-electron chi connectivity index (χ3n) is 1.86. The van der Waals surface area contributed by atoms with Crippen molar-refractivity contribution in [3.05, 3.63) is 106 Å². The second kappa shape index (κ2) is 49.6. The van der Waals surface area contributed by atoms with Gasteiger partial charge in [0.15, 0.2) is 0 Å². The molecule has 0 spiro atoms. The quantitative estimate of drug-likeness (QED) is 0.371. The van der Waals surface area contributed by atoms with Crippen molar-refractivity contribution in [2.45, 2.75) is 0 Å². The van der Waals surface area contributed by atoms with E-state index < -0.39 is 0 Å². The molecule has 8 heteroatoms. The predicted octanol–water partition coefficient (Wildman–Crippen LogP) is 2.69. The van der Waals surface area contributed by atoms with E-state index in [9.17, 15) is 0 Å². The average Bonchev–Trinajstić information content (AvgIpc) is 3.50. The van der Waals surface area contributed by atoms with Gasteiger partial charge in [0, 0.05) is 23.5 Å². The molecule has 2 rings (SSSR count). The maximum absolute atomic E-state index is 7.50. The van der Waals surface area contributed by atoms with E-state index in [1.54, 1.807) is 7.11 Å². The first-order valence-electron chi connectivity index (χ1n) is 5.99. The summed E-state index contributed by atoms with van der Waals surface area (Å²) in [6.45, 7) is 22.5. The Kier molecular flexibility index (Phi) is 73.7. The van der Waals surface area contributed by atoms with Crippen molar-refractivity contribution in [1.82, 2.24) is 0 Å². The van der Waals surface area contributed by atoms with E-state index in [-0.39, 0.29) is 17.1 Å². The van der Waals surface area contributed by atoms with Crippen LogP contribution in [0.1, 0.15) is 0 Å². The van der Waals surface area contributed by atoms with Gasteiger partial charge in [-0.25, -0.2) is 0 Å². The molecule has 0 bridgehead atoms. The van der Waals surface area contributed by atoms with E-state index in [1.165, 1.54) is 5.57 Å². The van der Waals surface area contributed by atoms with E-state index in [0.29, 0.717) is 0 Å². The Bertz CT molecular complexity index is 530. The number of hydrogen-bond acceptors (Lipinski definition) is 1. The minimum Gasteiger partial charge on any atom is -0.0767 e. The van der Waals surface area contributed by atoms with Gasteiger partial charge >= 0.3 is 131 Å². The van der Waals surface area contributed by atoms with Gasteiger partial charge in [0.05, 0.1) is 0 Å². The SMILES string of the molecule is CO[C](=[Cr])/C=C/C1=C[CH]C=C1.[C-]#[O+].[C-]#[O+].[C-]#[O+].[C-]#[O+].[C-]#[O+].[CH]1C=CC=C1.[Fe]. The zero-order valence-electron chi connectivity index (χ0n) is 14.1. The summed E-state index contributed by atoms with van der Waals surface area (Å²) in [5, 5.41) is 0. The van der Waals surface area contributed by atoms with Crippen molar-refractivity contribution < 1.29 is 60.9 Å². The summed E-state index contributed by atoms with van der Waals surface area (Å²) in [7, 11) is 1.64. The van der Waals surface area contributed by atoms with Crippen LogP contribution in [0.4, 0.5) is 0 Å². The van der Waals surface area contributed by atoms with Gasteiger partial charge in [0.2, 0.25) is 0 Å². The molecule has 0 N–H and O–H groups in total. The standard InChI is InChI=1S/C9H9O.C5H5.5CO.Cr.Fe/c1-10-8-4-7-9-5-2-3-6-9;1-2-4-5-3-1;5*1-2;;/h2-7H,1H3;1-5H;;;;;;;/b7-4+;;;;;;;;. The summed E-state index contributed by atoms with van der Waals surface area (Å²) >= 11 is 2.80. The number of rotatable bonds is 3. The molecule has 0 saturated heterocycles. The number of methoxy groups -OCH3 is 1. The molecule has 0 aromatic heterocycles. The Labute approximate surface area is 178 Å². The number of hydrogen-bond donors (Lipinski definition) is 0. The molecule has 0 aromatic rings. The zero-order chi connectivity index (χ0) is 21.6. The summed E-state index contributed by atoms with van der Waals surface area (Å²) < 4.78 is 43.2. The largest absolute Gasteiger partial charge is 0.0767 e. The van der Waals surface area contributed by atoms with Gasteiger partial charge in [-0.2, -0.15) is 0 Å². The molecule has 27 heavy (non-hydrogen) atoms. The minimum atomic E-state index is 0. The van der Waals surface area contributed by atoms with Gasteiger partial charge in [0.25, 0.3) is 0 Å². The van der Waals surface area contributed by atoms with Crippen molar-refractivity contribution >= 4 is 4.57 Å². The Morgan fingerprint density at radius 1 is 0.815 bits per heavy atom. The Hall–Kier alpha value is -1.72. The van der Waals surface area contributed by atoms with Crippen molar-refractivity contribution in [3.8, 4) is 0 Å². The summed E-state index contributed by atoms with van der Waals surface area (Å²) in [5.41, 5.74) is 1.19. The Morgan fingerprint density at radius 2 is 1.26 bits per heavy atom. The summed E-state index contributed by atoms with van der Waals surface area (Å²) in [5.74, 6) is 0. The fraction of sp³-hybridized carbons (Fsp3) is 0.0526. The molecule has 6 nitrogen and oxygen atoms in total. The van der Waals surface area contributed by atoms with Gasteiger partial charge in [-0.3, -0.25) is 0 Å². The van der Waals surface area contributed by atoms with Crippen LogP contribution in [0.3, 0.4) is 0 Å². The van der Waals surface area contributed by atoms with E-state index in [1.807, 2.05) is 67.5 Å². The normalized spacial score (nSPS) is 10.1. The zero-order valence-corrected chi connectivity index (χ0v) is 16.4. The topological polar surface area (TPSA) is 109 Å². The van der Waals surface area contributed by atoms with Gasteiger partial charge in [-0.1, -0.05) is 24.3 Å². The van der Waals surface area contributed by atoms with Crippen LogP contribution in [-0.4, -0.2) is 11.7 Å². The summed E-state index contributed by atoms with van der Waals surface area (Å²) in [6.07, 6.45) is 22.0. The molecule has 0 aliphatic heterocycles. The fourth-order valence-corrected chi connectivity index (χ4v) is 1.16. The fourth-order valence-electron chi connectivity index (χ4n) is 1.05. The molecular weight excluding hydrogens is 432 g/mol. The van der Waals surface area contributed by atoms with Crippen LogP contribution < -0.4 is 0 Å². The van der Waals surface area contributed by atoms with Crippen LogP contribution in [0.25, 0.3) is 0 Å². The van der Waals surface area contributed by atoms with Crippen LogP contribution in [0.5, 0.6) is 0 Å². The van der Waals surface area contributed by atoms with Gasteiger partial charge in [-0.05, 0) is 0 Å². The Morgan fingerprint density at radius 3 is 1.52 bits per heavy atom. The summed E-state index contributed by atoms with van der Waals surface area (Å²) in [6, 6.07) is 0. The molecule has 140 valence electrons. The van der Waals surface area contributed by atoms with Crippen molar-refractivity contribution in [2.75, 3.05) is 7.11 Å². The van der Waals surface area contributed by atoms with Crippen LogP contribution in [0, 0.1) is 46.1 Å². The second-order valence-electron chi connectivity index (χ2n) is 3.04. The van der Waals surface area contributed by atoms with Crippen molar-refractivity contribution in [1.29, 1.82) is 0 Å². The first-order chi connectivity index (χ1) is 12.8. The molecule has 2 radical (unpaired) electrons. The number of allylic oxidation sites excluding steroid dienone is 9. The first-order valence-corrected chi connectivity index (χ1v) is 6.63. The molecule has 0 fully saturated rings. The molecule has 2 aliphatic carbocycles. The molecule has 0 aromatic carbocycles. The third-order valence-corrected chi connectivity index (χ3v) is 2.33. The molecule has 0 saturated carbocycles. The van der Waals surface area contributed by atoms with Crippen LogP contribution in [0.2, 0.25) is 0 Å². The minimum absolute atomic E-state index is 0. The van der Waals surface area contributed by atoms with E-state index in [4.69, 9.17) is 28.0 Å². The monoisotopic (exact) mass is 446 g/mol. The van der Waals surface area contributed by atoms with Crippen molar-refractivity contribution in [3.63, 3.8) is 0 Å². The van der Waals surface area contributed by atoms with Gasteiger partial charge < -0.3 is 0 Å². The first kappa shape index (κ1) is 40.1. The molecular formula is C19H14CrFeO6. The number of ether oxygens (including phenoxy) is 1. The maximum atomic E-state index is 7.50. The molecule has 0 amide bonds. The predicted molar refractivity (Wildman–Crippen MR) is 84.9 cm³/mol. The molecule has 0 heterocycles. The van der Waals surface area contributed by atoms with Crippen LogP contribution in [-0.2, 0) is 60.9 Å². The van der Waals surface area contributed by atoms with E-state index in [0.717, 1.165) is 4.57 Å². The molecule has 2 aliphatic rings. The van der Waals surface area contributed by atoms with Crippen LogP contribution >= 0.6 is 0 Å². The van der Waals surface area contributed by atoms with Crippen LogP contribution in [0.15, 0.2) is 60.3 Å². The third kappa shape index (κ3) is 40.4. The van der Waals surface area contributed by atoms with Crippen molar-refractivity contribution in [2.24, 2.45) is 0 Å². The maximum Gasteiger partial charge on any atom is 0.00506 e.